The molecule has 0 aromatic heterocycles. The minimum absolute atomic E-state index is 0.0616. The third kappa shape index (κ3) is 4.40. The fourth-order valence-electron chi connectivity index (χ4n) is 2.81. The summed E-state index contributed by atoms with van der Waals surface area (Å²) in [5, 5.41) is 0. The Labute approximate surface area is 129 Å². The third-order valence-corrected chi connectivity index (χ3v) is 4.17. The Balaban J connectivity index is 1.95. The predicted molar refractivity (Wildman–Crippen MR) is 79.7 cm³/mol. The van der Waals surface area contributed by atoms with Gasteiger partial charge in [0, 0.05) is 24.7 Å². The van der Waals surface area contributed by atoms with Gasteiger partial charge in [-0.3, -0.25) is 4.79 Å². The molecule has 1 heterocycles. The van der Waals surface area contributed by atoms with Crippen LogP contribution in [0.1, 0.15) is 25.3 Å². The van der Waals surface area contributed by atoms with E-state index in [1.165, 1.54) is 6.07 Å². The fourth-order valence-corrected chi connectivity index (χ4v) is 2.81. The monoisotopic (exact) mass is 312 g/mol. The number of hydrogen-bond donors (Lipinski definition) is 1. The molecule has 0 spiro atoms. The minimum Gasteiger partial charge on any atom is -0.435 e. The van der Waals surface area contributed by atoms with Crippen molar-refractivity contribution in [1.29, 1.82) is 0 Å². The van der Waals surface area contributed by atoms with Gasteiger partial charge in [-0.15, -0.1) is 0 Å². The number of halogens is 2. The van der Waals surface area contributed by atoms with Gasteiger partial charge < -0.3 is 15.4 Å². The van der Waals surface area contributed by atoms with Gasteiger partial charge in [-0.2, -0.15) is 8.78 Å². The second kappa shape index (κ2) is 7.54. The fraction of sp³-hybridized carbons (Fsp3) is 0.562. The lowest BCUT2D eigenvalue weighted by Crippen LogP contribution is -2.43. The molecule has 0 aliphatic carbocycles. The Kier molecular flexibility index (Phi) is 5.71. The molecule has 2 rings (SSSR count). The number of hydrogen-bond acceptors (Lipinski definition) is 3. The van der Waals surface area contributed by atoms with Crippen LogP contribution in [-0.4, -0.2) is 36.5 Å². The van der Waals surface area contributed by atoms with Crippen molar-refractivity contribution >= 4 is 5.91 Å². The maximum absolute atomic E-state index is 12.4. The normalized spacial score (nSPS) is 17.6. The first kappa shape index (κ1) is 16.7. The van der Waals surface area contributed by atoms with Crippen LogP contribution >= 0.6 is 0 Å². The van der Waals surface area contributed by atoms with Crippen LogP contribution in [0.4, 0.5) is 8.78 Å². The number of carbonyl (C=O) groups is 1. The maximum Gasteiger partial charge on any atom is 0.387 e. The SMILES string of the molecule is CC(N)C1CCN(C(=O)Cc2ccccc2OC(F)F)CC1. The van der Waals surface area contributed by atoms with E-state index in [0.717, 1.165) is 12.8 Å². The molecule has 1 aliphatic heterocycles. The molecule has 4 nitrogen and oxygen atoms in total. The van der Waals surface area contributed by atoms with Crippen molar-refractivity contribution in [3.63, 3.8) is 0 Å². The Bertz CT molecular complexity index is 501. The summed E-state index contributed by atoms with van der Waals surface area (Å²) in [6.07, 6.45) is 1.85. The number of amides is 1. The summed E-state index contributed by atoms with van der Waals surface area (Å²) in [6.45, 7) is 0.435. The number of nitrogens with two attached hydrogens (primary N) is 1. The molecule has 22 heavy (non-hydrogen) atoms. The van der Waals surface area contributed by atoms with E-state index in [1.807, 2.05) is 6.92 Å². The van der Waals surface area contributed by atoms with Crippen molar-refractivity contribution in [2.45, 2.75) is 38.8 Å². The Morgan fingerprint density at radius 3 is 2.59 bits per heavy atom. The van der Waals surface area contributed by atoms with Crippen LogP contribution in [0.5, 0.6) is 5.75 Å². The summed E-state index contributed by atoms with van der Waals surface area (Å²) in [4.78, 5) is 14.1. The van der Waals surface area contributed by atoms with Gasteiger partial charge in [0.2, 0.25) is 5.91 Å². The smallest absolute Gasteiger partial charge is 0.387 e. The van der Waals surface area contributed by atoms with E-state index in [-0.39, 0.29) is 24.1 Å². The van der Waals surface area contributed by atoms with Crippen LogP contribution in [0.15, 0.2) is 24.3 Å². The molecule has 122 valence electrons. The van der Waals surface area contributed by atoms with Crippen molar-refractivity contribution < 1.29 is 18.3 Å². The summed E-state index contributed by atoms with van der Waals surface area (Å²) < 4.78 is 29.2. The molecule has 0 bridgehead atoms. The summed E-state index contributed by atoms with van der Waals surface area (Å²) in [6, 6.07) is 6.56. The van der Waals surface area contributed by atoms with Crippen molar-refractivity contribution in [3.05, 3.63) is 29.8 Å². The first-order valence-corrected chi connectivity index (χ1v) is 7.53. The maximum atomic E-state index is 12.4. The Hall–Kier alpha value is -1.69. The van der Waals surface area contributed by atoms with E-state index < -0.39 is 6.61 Å². The molecule has 1 aromatic carbocycles. The highest BCUT2D eigenvalue weighted by molar-refractivity contribution is 5.79. The topological polar surface area (TPSA) is 55.6 Å². The summed E-state index contributed by atoms with van der Waals surface area (Å²) in [7, 11) is 0. The zero-order valence-corrected chi connectivity index (χ0v) is 12.7. The zero-order valence-electron chi connectivity index (χ0n) is 12.7. The molecule has 1 unspecified atom stereocenters. The van der Waals surface area contributed by atoms with Crippen LogP contribution in [0.2, 0.25) is 0 Å². The van der Waals surface area contributed by atoms with Gasteiger partial charge >= 0.3 is 6.61 Å². The number of benzene rings is 1. The number of para-hydroxylation sites is 1. The highest BCUT2D eigenvalue weighted by atomic mass is 19.3. The second-order valence-corrected chi connectivity index (χ2v) is 5.74. The number of piperidine rings is 1. The van der Waals surface area contributed by atoms with Gasteiger partial charge in [0.05, 0.1) is 6.42 Å². The van der Waals surface area contributed by atoms with E-state index in [9.17, 15) is 13.6 Å². The molecule has 1 atom stereocenters. The van der Waals surface area contributed by atoms with Gasteiger partial charge in [0.1, 0.15) is 5.75 Å². The molecule has 0 saturated carbocycles. The van der Waals surface area contributed by atoms with Crippen molar-refractivity contribution in [2.24, 2.45) is 11.7 Å². The molecule has 1 aliphatic rings. The molecule has 2 N–H and O–H groups in total. The lowest BCUT2D eigenvalue weighted by Gasteiger charge is -2.33. The average Bonchev–Trinajstić information content (AvgIpc) is 2.48. The van der Waals surface area contributed by atoms with E-state index in [4.69, 9.17) is 5.73 Å². The van der Waals surface area contributed by atoms with Crippen LogP contribution in [0.3, 0.4) is 0 Å². The van der Waals surface area contributed by atoms with E-state index in [0.29, 0.717) is 24.6 Å². The summed E-state index contributed by atoms with van der Waals surface area (Å²) in [5.74, 6) is 0.447. The standard InChI is InChI=1S/C16H22F2N2O2/c1-11(19)12-6-8-20(9-7-12)15(21)10-13-4-2-3-5-14(13)22-16(17)18/h2-5,11-12,16H,6-10,19H2,1H3. The average molecular weight is 312 g/mol. The highest BCUT2D eigenvalue weighted by Gasteiger charge is 2.25. The first-order chi connectivity index (χ1) is 10.5. The summed E-state index contributed by atoms with van der Waals surface area (Å²) in [5.41, 5.74) is 6.38. The molecule has 6 heteroatoms. The molecule has 1 fully saturated rings. The minimum atomic E-state index is -2.89. The zero-order chi connectivity index (χ0) is 16.1. The number of rotatable bonds is 5. The largest absolute Gasteiger partial charge is 0.435 e. The molecule has 1 saturated heterocycles. The first-order valence-electron chi connectivity index (χ1n) is 7.53. The van der Waals surface area contributed by atoms with Gasteiger partial charge in [0.15, 0.2) is 0 Å². The third-order valence-electron chi connectivity index (χ3n) is 4.17. The lowest BCUT2D eigenvalue weighted by molar-refractivity contribution is -0.132. The van der Waals surface area contributed by atoms with Gasteiger partial charge in [0.25, 0.3) is 0 Å². The van der Waals surface area contributed by atoms with Crippen molar-refractivity contribution in [1.82, 2.24) is 4.90 Å². The number of ether oxygens (including phenoxy) is 1. The molecule has 0 radical (unpaired) electrons. The van der Waals surface area contributed by atoms with Crippen LogP contribution in [0.25, 0.3) is 0 Å². The number of carbonyl (C=O) groups excluding carboxylic acids is 1. The van der Waals surface area contributed by atoms with Gasteiger partial charge in [-0.05, 0) is 31.7 Å². The van der Waals surface area contributed by atoms with E-state index >= 15 is 0 Å². The molecule has 1 aromatic rings. The number of likely N-dealkylation sites (tertiary alicyclic amines) is 1. The van der Waals surface area contributed by atoms with E-state index in [2.05, 4.69) is 4.74 Å². The van der Waals surface area contributed by atoms with Crippen LogP contribution < -0.4 is 10.5 Å². The lowest BCUT2D eigenvalue weighted by atomic mass is 9.91. The molecular weight excluding hydrogens is 290 g/mol. The number of alkyl halides is 2. The molecule has 1 amide bonds. The highest BCUT2D eigenvalue weighted by Crippen LogP contribution is 2.23. The Morgan fingerprint density at radius 1 is 1.36 bits per heavy atom. The van der Waals surface area contributed by atoms with E-state index in [1.54, 1.807) is 23.1 Å². The molecular formula is C16H22F2N2O2. The summed E-state index contributed by atoms with van der Waals surface area (Å²) >= 11 is 0. The number of nitrogens with zero attached hydrogens (tertiary/aromatic N) is 1. The van der Waals surface area contributed by atoms with Crippen molar-refractivity contribution in [3.8, 4) is 5.75 Å². The predicted octanol–water partition coefficient (Wildman–Crippen LogP) is 2.42. The second-order valence-electron chi connectivity index (χ2n) is 5.74. The Morgan fingerprint density at radius 2 is 2.00 bits per heavy atom. The quantitative estimate of drug-likeness (QED) is 0.908. The van der Waals surface area contributed by atoms with Crippen molar-refractivity contribution in [2.75, 3.05) is 13.1 Å². The van der Waals surface area contributed by atoms with Crippen LogP contribution in [0, 0.1) is 5.92 Å². The van der Waals surface area contributed by atoms with Gasteiger partial charge in [-0.25, -0.2) is 0 Å². The van der Waals surface area contributed by atoms with Gasteiger partial charge in [-0.1, -0.05) is 18.2 Å². The van der Waals surface area contributed by atoms with Crippen LogP contribution in [-0.2, 0) is 11.2 Å².